The van der Waals surface area contributed by atoms with Crippen LogP contribution in [0.4, 0.5) is 0 Å². The first kappa shape index (κ1) is 12.6. The van der Waals surface area contributed by atoms with E-state index in [2.05, 4.69) is 11.1 Å². The maximum Gasteiger partial charge on any atom is 0.259 e. The molecular formula is C12H10ClN3O2S. The molecule has 2 heterocycles. The zero-order valence-electron chi connectivity index (χ0n) is 9.84. The van der Waals surface area contributed by atoms with Gasteiger partial charge in [0.1, 0.15) is 0 Å². The molecule has 0 aromatic carbocycles. The van der Waals surface area contributed by atoms with Gasteiger partial charge in [0.2, 0.25) is 0 Å². The van der Waals surface area contributed by atoms with Crippen LogP contribution in [0.25, 0.3) is 4.96 Å². The van der Waals surface area contributed by atoms with Gasteiger partial charge < -0.3 is 5.11 Å². The number of fused-ring (bicyclic) bond motifs is 1. The fourth-order valence-electron chi connectivity index (χ4n) is 2.32. The third-order valence-electron chi connectivity index (χ3n) is 3.56. The Morgan fingerprint density at radius 3 is 3.11 bits per heavy atom. The molecule has 0 spiro atoms. The lowest BCUT2D eigenvalue weighted by Gasteiger charge is -2.04. The maximum absolute atomic E-state index is 12.1. The van der Waals surface area contributed by atoms with E-state index in [-0.39, 0.29) is 24.0 Å². The molecule has 2 atom stereocenters. The highest BCUT2D eigenvalue weighted by atomic mass is 35.5. The molecule has 2 aromatic rings. The molecule has 3 rings (SSSR count). The number of nitriles is 1. The molecule has 1 fully saturated rings. The summed E-state index contributed by atoms with van der Waals surface area (Å²) in [4.78, 5) is 17.0. The van der Waals surface area contributed by atoms with Crippen LogP contribution in [0.1, 0.15) is 23.7 Å². The molecule has 98 valence electrons. The molecule has 1 N–H and O–H groups in total. The topological polar surface area (TPSA) is 78.4 Å². The normalized spacial score (nSPS) is 25.4. The molecule has 19 heavy (non-hydrogen) atoms. The van der Waals surface area contributed by atoms with Crippen LogP contribution in [-0.2, 0) is 5.88 Å². The van der Waals surface area contributed by atoms with Crippen LogP contribution in [0, 0.1) is 16.7 Å². The van der Waals surface area contributed by atoms with Crippen molar-refractivity contribution in [2.75, 3.05) is 6.61 Å². The fraction of sp³-hybridized carbons (Fsp3) is 0.417. The third-order valence-corrected chi connectivity index (χ3v) is 4.68. The van der Waals surface area contributed by atoms with Crippen molar-refractivity contribution in [2.24, 2.45) is 5.41 Å². The van der Waals surface area contributed by atoms with Gasteiger partial charge in [0.15, 0.2) is 4.96 Å². The number of aliphatic hydroxyl groups is 1. The van der Waals surface area contributed by atoms with Gasteiger partial charge in [-0.25, -0.2) is 4.98 Å². The molecule has 0 bridgehead atoms. The Morgan fingerprint density at radius 2 is 2.53 bits per heavy atom. The minimum Gasteiger partial charge on any atom is -0.395 e. The fourth-order valence-corrected chi connectivity index (χ4v) is 3.43. The zero-order valence-corrected chi connectivity index (χ0v) is 11.4. The van der Waals surface area contributed by atoms with Crippen molar-refractivity contribution in [3.8, 4) is 6.07 Å². The van der Waals surface area contributed by atoms with Gasteiger partial charge in [-0.2, -0.15) is 5.26 Å². The Bertz CT molecular complexity index is 747. The predicted octanol–water partition coefficient (Wildman–Crippen LogP) is 1.48. The van der Waals surface area contributed by atoms with Gasteiger partial charge in [0, 0.05) is 23.1 Å². The number of alkyl halides is 1. The van der Waals surface area contributed by atoms with Crippen LogP contribution in [0.2, 0.25) is 0 Å². The number of rotatable bonds is 3. The van der Waals surface area contributed by atoms with E-state index in [4.69, 9.17) is 16.9 Å². The highest BCUT2D eigenvalue weighted by Crippen LogP contribution is 2.58. The average molecular weight is 296 g/mol. The van der Waals surface area contributed by atoms with Crippen molar-refractivity contribution in [1.82, 2.24) is 9.38 Å². The molecule has 5 nitrogen and oxygen atoms in total. The summed E-state index contributed by atoms with van der Waals surface area (Å²) in [5.74, 6) is 0.0962. The van der Waals surface area contributed by atoms with E-state index in [9.17, 15) is 9.90 Å². The van der Waals surface area contributed by atoms with Gasteiger partial charge in [0.25, 0.3) is 5.56 Å². The van der Waals surface area contributed by atoms with E-state index in [1.54, 1.807) is 0 Å². The van der Waals surface area contributed by atoms with Gasteiger partial charge in [-0.3, -0.25) is 9.20 Å². The summed E-state index contributed by atoms with van der Waals surface area (Å²) in [6, 6.07) is 3.55. The SMILES string of the molecule is N#CC1(CO)CC1c1csc2nc(CCl)cc(=O)n12. The first-order valence-corrected chi connectivity index (χ1v) is 7.15. The van der Waals surface area contributed by atoms with Crippen molar-refractivity contribution < 1.29 is 5.11 Å². The summed E-state index contributed by atoms with van der Waals surface area (Å²) < 4.78 is 1.51. The standard InChI is InChI=1S/C12H10ClN3O2S/c13-3-7-1-10(18)16-9(4-19-11(16)15-7)8-2-12(8,5-14)6-17/h1,4,8,17H,2-3,6H2. The monoisotopic (exact) mass is 295 g/mol. The number of halogens is 1. The Balaban J connectivity index is 2.14. The molecule has 0 radical (unpaired) electrons. The van der Waals surface area contributed by atoms with Crippen LogP contribution in [0.3, 0.4) is 0 Å². The second-order valence-corrected chi connectivity index (χ2v) is 5.78. The first-order valence-electron chi connectivity index (χ1n) is 5.73. The molecule has 2 aromatic heterocycles. The summed E-state index contributed by atoms with van der Waals surface area (Å²) in [5.41, 5.74) is 0.380. The van der Waals surface area contributed by atoms with Gasteiger partial charge >= 0.3 is 0 Å². The van der Waals surface area contributed by atoms with E-state index in [0.717, 1.165) is 5.69 Å². The van der Waals surface area contributed by atoms with Gasteiger partial charge in [-0.1, -0.05) is 0 Å². The summed E-state index contributed by atoms with van der Waals surface area (Å²) in [7, 11) is 0. The Hall–Kier alpha value is -1.42. The smallest absolute Gasteiger partial charge is 0.259 e. The summed E-state index contributed by atoms with van der Waals surface area (Å²) in [5, 5.41) is 20.3. The second kappa shape index (κ2) is 4.30. The minimum absolute atomic E-state index is 0.0994. The van der Waals surface area contributed by atoms with Crippen LogP contribution < -0.4 is 5.56 Å². The third kappa shape index (κ3) is 1.77. The van der Waals surface area contributed by atoms with Gasteiger partial charge in [-0.15, -0.1) is 22.9 Å². The number of hydrogen-bond donors (Lipinski definition) is 1. The highest BCUT2D eigenvalue weighted by molar-refractivity contribution is 7.15. The molecule has 0 saturated heterocycles. The van der Waals surface area contributed by atoms with Crippen LogP contribution >= 0.6 is 22.9 Å². The van der Waals surface area contributed by atoms with Crippen molar-refractivity contribution >= 4 is 27.9 Å². The first-order chi connectivity index (χ1) is 9.15. The zero-order chi connectivity index (χ0) is 13.6. The van der Waals surface area contributed by atoms with E-state index in [1.165, 1.54) is 21.8 Å². The number of hydrogen-bond acceptors (Lipinski definition) is 5. The van der Waals surface area contributed by atoms with Crippen molar-refractivity contribution in [3.63, 3.8) is 0 Å². The van der Waals surface area contributed by atoms with Crippen LogP contribution in [-0.4, -0.2) is 21.1 Å². The van der Waals surface area contributed by atoms with Crippen LogP contribution in [0.5, 0.6) is 0 Å². The molecule has 1 aliphatic rings. The average Bonchev–Trinajstić information content (AvgIpc) is 3.01. The number of aliphatic hydroxyl groups excluding tert-OH is 1. The summed E-state index contributed by atoms with van der Waals surface area (Å²) in [6.07, 6.45) is 0.579. The lowest BCUT2D eigenvalue weighted by molar-refractivity contribution is 0.241. The molecule has 7 heteroatoms. The second-order valence-electron chi connectivity index (χ2n) is 4.68. The predicted molar refractivity (Wildman–Crippen MR) is 71.4 cm³/mol. The molecule has 0 amide bonds. The number of aromatic nitrogens is 2. The van der Waals surface area contributed by atoms with Crippen molar-refractivity contribution in [2.45, 2.75) is 18.2 Å². The summed E-state index contributed by atoms with van der Waals surface area (Å²) >= 11 is 7.04. The lowest BCUT2D eigenvalue weighted by atomic mass is 10.1. The van der Waals surface area contributed by atoms with Crippen molar-refractivity contribution in [3.05, 3.63) is 33.2 Å². The van der Waals surface area contributed by atoms with E-state index in [0.29, 0.717) is 17.1 Å². The van der Waals surface area contributed by atoms with Crippen molar-refractivity contribution in [1.29, 1.82) is 5.26 Å². The van der Waals surface area contributed by atoms with Crippen LogP contribution in [0.15, 0.2) is 16.2 Å². The maximum atomic E-state index is 12.1. The molecule has 2 unspecified atom stereocenters. The molecule has 1 saturated carbocycles. The van der Waals surface area contributed by atoms with E-state index >= 15 is 0 Å². The quantitative estimate of drug-likeness (QED) is 0.870. The minimum atomic E-state index is -0.738. The Kier molecular flexibility index (Phi) is 2.86. The Labute approximate surface area is 117 Å². The number of thiazole rings is 1. The Morgan fingerprint density at radius 1 is 1.74 bits per heavy atom. The molecule has 0 aliphatic heterocycles. The number of nitrogens with zero attached hydrogens (tertiary/aromatic N) is 3. The summed E-state index contributed by atoms with van der Waals surface area (Å²) in [6.45, 7) is -0.187. The van der Waals surface area contributed by atoms with Gasteiger partial charge in [-0.05, 0) is 6.42 Å². The molecular weight excluding hydrogens is 286 g/mol. The largest absolute Gasteiger partial charge is 0.395 e. The van der Waals surface area contributed by atoms with E-state index in [1.807, 2.05) is 5.38 Å². The van der Waals surface area contributed by atoms with E-state index < -0.39 is 5.41 Å². The molecule has 1 aliphatic carbocycles. The lowest BCUT2D eigenvalue weighted by Crippen LogP contribution is -2.17. The van der Waals surface area contributed by atoms with Gasteiger partial charge in [0.05, 0.1) is 29.7 Å². The highest BCUT2D eigenvalue weighted by Gasteiger charge is 2.56.